The smallest absolute Gasteiger partial charge is 0.0587 e. The first-order valence-corrected chi connectivity index (χ1v) is 4.32. The van der Waals surface area contributed by atoms with Crippen LogP contribution < -0.4 is 0 Å². The van der Waals surface area contributed by atoms with Gasteiger partial charge in [0, 0.05) is 4.11 Å². The average Bonchev–Trinajstić information content (AvgIpc) is 2.37. The van der Waals surface area contributed by atoms with Gasteiger partial charge in [-0.05, 0) is 24.9 Å². The van der Waals surface area contributed by atoms with Gasteiger partial charge in [0.05, 0.1) is 5.48 Å². The Morgan fingerprint density at radius 1 is 0.857 bits per heavy atom. The molecule has 0 nitrogen and oxygen atoms in total. The van der Waals surface area contributed by atoms with E-state index in [1.807, 2.05) is 6.92 Å². The molecule has 0 saturated carbocycles. The summed E-state index contributed by atoms with van der Waals surface area (Å²) < 4.78 is 53.9. The molecule has 0 N–H and O–H groups in total. The van der Waals surface area contributed by atoms with Gasteiger partial charge in [0.15, 0.2) is 0 Å². The summed E-state index contributed by atoms with van der Waals surface area (Å²) in [5.74, 6) is 0. The van der Waals surface area contributed by atoms with Gasteiger partial charge in [-0.25, -0.2) is 0 Å². The SMILES string of the molecule is [2H]c1c([2H])c(C([2H])([2H])[2H])c([2H])c([2H])c1-c1ccc(C)cc1. The molecule has 0 amide bonds. The van der Waals surface area contributed by atoms with Crippen LogP contribution in [-0.2, 0) is 0 Å². The van der Waals surface area contributed by atoms with Crippen molar-refractivity contribution in [3.8, 4) is 11.1 Å². The zero-order valence-electron chi connectivity index (χ0n) is 14.8. The largest absolute Gasteiger partial charge is 0.0629 e. The van der Waals surface area contributed by atoms with Gasteiger partial charge in [0.1, 0.15) is 0 Å². The first-order chi connectivity index (χ1) is 9.64. The fourth-order valence-electron chi connectivity index (χ4n) is 1.18. The summed E-state index contributed by atoms with van der Waals surface area (Å²) in [6.07, 6.45) is 0. The van der Waals surface area contributed by atoms with Gasteiger partial charge in [-0.1, -0.05) is 59.6 Å². The first-order valence-electron chi connectivity index (χ1n) is 7.82. The van der Waals surface area contributed by atoms with Gasteiger partial charge in [0.2, 0.25) is 0 Å². The quantitative estimate of drug-likeness (QED) is 0.636. The van der Waals surface area contributed by atoms with Gasteiger partial charge in [-0.2, -0.15) is 0 Å². The van der Waals surface area contributed by atoms with E-state index in [9.17, 15) is 0 Å². The zero-order chi connectivity index (χ0) is 15.9. The topological polar surface area (TPSA) is 0 Å². The van der Waals surface area contributed by atoms with Crippen molar-refractivity contribution in [2.45, 2.75) is 13.8 Å². The third-order valence-corrected chi connectivity index (χ3v) is 1.97. The molecular weight excluding hydrogens is 168 g/mol. The Hall–Kier alpha value is -1.56. The Labute approximate surface area is 95.1 Å². The van der Waals surface area contributed by atoms with Crippen molar-refractivity contribution in [1.82, 2.24) is 0 Å². The summed E-state index contributed by atoms with van der Waals surface area (Å²) in [7, 11) is 0. The number of hydrogen-bond acceptors (Lipinski definition) is 0. The van der Waals surface area contributed by atoms with Gasteiger partial charge in [-0.3, -0.25) is 0 Å². The maximum Gasteiger partial charge on any atom is 0.0629 e. The second-order valence-electron chi connectivity index (χ2n) is 3.12. The van der Waals surface area contributed by atoms with E-state index in [0.717, 1.165) is 5.56 Å². The average molecular weight is 189 g/mol. The van der Waals surface area contributed by atoms with Crippen LogP contribution in [0.25, 0.3) is 11.1 Å². The fourth-order valence-corrected chi connectivity index (χ4v) is 1.18. The second-order valence-corrected chi connectivity index (χ2v) is 3.12. The highest BCUT2D eigenvalue weighted by Crippen LogP contribution is 2.19. The van der Waals surface area contributed by atoms with E-state index >= 15 is 0 Å². The van der Waals surface area contributed by atoms with Crippen molar-refractivity contribution >= 4 is 0 Å². The van der Waals surface area contributed by atoms with Gasteiger partial charge >= 0.3 is 0 Å². The predicted molar refractivity (Wildman–Crippen MR) is 61.4 cm³/mol. The maximum absolute atomic E-state index is 8.00. The molecule has 0 aromatic heterocycles. The monoisotopic (exact) mass is 189 g/mol. The van der Waals surface area contributed by atoms with E-state index in [1.54, 1.807) is 24.3 Å². The van der Waals surface area contributed by atoms with Crippen LogP contribution in [0.15, 0.2) is 48.4 Å². The van der Waals surface area contributed by atoms with E-state index in [-0.39, 0.29) is 17.6 Å². The van der Waals surface area contributed by atoms with Crippen LogP contribution in [-0.4, -0.2) is 0 Å². The Bertz CT molecular complexity index is 655. The number of aryl methyl sites for hydroxylation is 1. The van der Waals surface area contributed by atoms with Gasteiger partial charge < -0.3 is 0 Å². The standard InChI is InChI=1S/C14H14/c1-11-3-7-13(8-4-11)14-9-5-12(2)6-10-14/h3-10H,1-2H3/i1D3,3D,4D,7D,8D. The lowest BCUT2D eigenvalue weighted by atomic mass is 10.0. The third-order valence-electron chi connectivity index (χ3n) is 1.97. The van der Waals surface area contributed by atoms with Crippen LogP contribution in [0.1, 0.15) is 20.7 Å². The van der Waals surface area contributed by atoms with Gasteiger partial charge in [0.25, 0.3) is 0 Å². The molecule has 0 aliphatic carbocycles. The maximum atomic E-state index is 8.00. The highest BCUT2D eigenvalue weighted by atomic mass is 14.0. The van der Waals surface area contributed by atoms with Crippen LogP contribution in [0.2, 0.25) is 0 Å². The lowest BCUT2D eigenvalue weighted by Crippen LogP contribution is -1.78. The van der Waals surface area contributed by atoms with E-state index in [0.29, 0.717) is 5.56 Å². The molecule has 2 aromatic carbocycles. The second kappa shape index (κ2) is 3.67. The molecule has 0 heteroatoms. The van der Waals surface area contributed by atoms with Crippen molar-refractivity contribution < 1.29 is 9.60 Å². The van der Waals surface area contributed by atoms with Crippen LogP contribution in [0.5, 0.6) is 0 Å². The Morgan fingerprint density at radius 2 is 1.50 bits per heavy atom. The summed E-state index contributed by atoms with van der Waals surface area (Å²) >= 11 is 0. The molecule has 0 atom stereocenters. The van der Waals surface area contributed by atoms with Crippen molar-refractivity contribution in [1.29, 1.82) is 0 Å². The summed E-state index contributed by atoms with van der Waals surface area (Å²) in [6, 6.07) is 5.34. The number of benzene rings is 2. The summed E-state index contributed by atoms with van der Waals surface area (Å²) in [5, 5.41) is 0. The Balaban J connectivity index is 2.79. The molecule has 2 aromatic rings. The minimum Gasteiger partial charge on any atom is -0.0587 e. The summed E-state index contributed by atoms with van der Waals surface area (Å²) in [5.41, 5.74) is 1.13. The predicted octanol–water partition coefficient (Wildman–Crippen LogP) is 3.97. The normalized spacial score (nSPS) is 18.2. The lowest BCUT2D eigenvalue weighted by Gasteiger charge is -2.02. The number of rotatable bonds is 1. The Morgan fingerprint density at radius 3 is 2.07 bits per heavy atom. The number of hydrogen-bond donors (Lipinski definition) is 0. The molecule has 0 bridgehead atoms. The fraction of sp³-hybridized carbons (Fsp3) is 0.143. The van der Waals surface area contributed by atoms with Crippen LogP contribution >= 0.6 is 0 Å². The van der Waals surface area contributed by atoms with Crippen molar-refractivity contribution in [3.05, 3.63) is 59.6 Å². The summed E-state index contributed by atoms with van der Waals surface area (Å²) in [6.45, 7) is -0.776. The molecule has 0 unspecified atom stereocenters. The zero-order valence-corrected chi connectivity index (χ0v) is 7.81. The molecule has 0 radical (unpaired) electrons. The minimum absolute atomic E-state index is 0.123. The third kappa shape index (κ3) is 1.85. The molecular formula is C14H14. The molecule has 0 aliphatic rings. The first kappa shape index (κ1) is 3.90. The van der Waals surface area contributed by atoms with Crippen molar-refractivity contribution in [2.75, 3.05) is 0 Å². The van der Waals surface area contributed by atoms with E-state index in [2.05, 4.69) is 0 Å². The van der Waals surface area contributed by atoms with E-state index in [1.165, 1.54) is 0 Å². The van der Waals surface area contributed by atoms with Crippen LogP contribution in [0.4, 0.5) is 0 Å². The highest BCUT2D eigenvalue weighted by Gasteiger charge is 1.95. The van der Waals surface area contributed by atoms with E-state index in [4.69, 9.17) is 9.60 Å². The molecule has 2 rings (SSSR count). The molecule has 0 fully saturated rings. The van der Waals surface area contributed by atoms with E-state index < -0.39 is 24.5 Å². The molecule has 14 heavy (non-hydrogen) atoms. The minimum atomic E-state index is -2.68. The molecule has 70 valence electrons. The Kier molecular flexibility index (Phi) is 1.02. The molecule has 0 heterocycles. The molecule has 0 saturated heterocycles. The van der Waals surface area contributed by atoms with Crippen LogP contribution in [0, 0.1) is 13.8 Å². The molecule has 0 spiro atoms. The van der Waals surface area contributed by atoms with Gasteiger partial charge in [-0.15, -0.1) is 0 Å². The van der Waals surface area contributed by atoms with Crippen LogP contribution in [0.3, 0.4) is 0 Å². The lowest BCUT2D eigenvalue weighted by molar-refractivity contribution is 1.45. The van der Waals surface area contributed by atoms with Crippen molar-refractivity contribution in [3.63, 3.8) is 0 Å². The highest BCUT2D eigenvalue weighted by molar-refractivity contribution is 5.63. The molecule has 0 aliphatic heterocycles. The summed E-state index contributed by atoms with van der Waals surface area (Å²) in [4.78, 5) is 0. The van der Waals surface area contributed by atoms with Crippen molar-refractivity contribution in [2.24, 2.45) is 0 Å².